The maximum atomic E-state index is 12.8. The molecular weight excluding hydrogens is 231 g/mol. The SMILES string of the molecule is COc1c(CC2(N)CC2)cccc1C(F)(F)F. The molecule has 1 aliphatic carbocycles. The minimum absolute atomic E-state index is 0.100. The lowest BCUT2D eigenvalue weighted by Crippen LogP contribution is -2.25. The molecule has 0 amide bonds. The fourth-order valence-electron chi connectivity index (χ4n) is 1.90. The highest BCUT2D eigenvalue weighted by molar-refractivity contribution is 5.44. The van der Waals surface area contributed by atoms with Gasteiger partial charge in [-0.3, -0.25) is 0 Å². The molecule has 94 valence electrons. The number of nitrogens with two attached hydrogens (primary N) is 1. The lowest BCUT2D eigenvalue weighted by atomic mass is 10.0. The van der Waals surface area contributed by atoms with E-state index in [1.807, 2.05) is 0 Å². The molecule has 1 fully saturated rings. The highest BCUT2D eigenvalue weighted by Gasteiger charge is 2.40. The normalized spacial score (nSPS) is 17.9. The molecule has 17 heavy (non-hydrogen) atoms. The Hall–Kier alpha value is -1.23. The highest BCUT2D eigenvalue weighted by atomic mass is 19.4. The molecule has 0 radical (unpaired) electrons. The second-order valence-corrected chi connectivity index (χ2v) is 4.53. The summed E-state index contributed by atoms with van der Waals surface area (Å²) in [5.41, 5.74) is 5.38. The molecule has 1 saturated carbocycles. The minimum atomic E-state index is -4.40. The quantitative estimate of drug-likeness (QED) is 0.888. The van der Waals surface area contributed by atoms with Crippen LogP contribution in [0.1, 0.15) is 24.0 Å². The van der Waals surface area contributed by atoms with Crippen molar-refractivity contribution in [3.8, 4) is 5.75 Å². The fraction of sp³-hybridized carbons (Fsp3) is 0.500. The molecule has 2 N–H and O–H groups in total. The summed E-state index contributed by atoms with van der Waals surface area (Å²) in [4.78, 5) is 0. The van der Waals surface area contributed by atoms with Crippen LogP contribution in [-0.2, 0) is 12.6 Å². The van der Waals surface area contributed by atoms with E-state index in [4.69, 9.17) is 10.5 Å². The molecular formula is C12H14F3NO. The molecule has 0 aromatic heterocycles. The molecule has 0 aliphatic heterocycles. The first-order chi connectivity index (χ1) is 7.86. The molecule has 0 saturated heterocycles. The number of hydrogen-bond acceptors (Lipinski definition) is 2. The van der Waals surface area contributed by atoms with Crippen LogP contribution >= 0.6 is 0 Å². The van der Waals surface area contributed by atoms with Crippen LogP contribution in [0.5, 0.6) is 5.75 Å². The zero-order valence-corrected chi connectivity index (χ0v) is 9.47. The summed E-state index contributed by atoms with van der Waals surface area (Å²) < 4.78 is 43.2. The Bertz CT molecular complexity index is 424. The van der Waals surface area contributed by atoms with Gasteiger partial charge < -0.3 is 10.5 Å². The van der Waals surface area contributed by atoms with Gasteiger partial charge in [0.05, 0.1) is 12.7 Å². The zero-order valence-electron chi connectivity index (χ0n) is 9.47. The highest BCUT2D eigenvalue weighted by Crippen LogP contribution is 2.42. The Labute approximate surface area is 97.6 Å². The van der Waals surface area contributed by atoms with Gasteiger partial charge in [0.25, 0.3) is 0 Å². The summed E-state index contributed by atoms with van der Waals surface area (Å²) >= 11 is 0. The predicted octanol–water partition coefficient (Wildman–Crippen LogP) is 2.75. The average molecular weight is 245 g/mol. The van der Waals surface area contributed by atoms with Gasteiger partial charge in [0, 0.05) is 5.54 Å². The maximum absolute atomic E-state index is 12.8. The van der Waals surface area contributed by atoms with Crippen molar-refractivity contribution in [2.45, 2.75) is 31.0 Å². The van der Waals surface area contributed by atoms with Crippen LogP contribution in [0.4, 0.5) is 13.2 Å². The Morgan fingerprint density at radius 3 is 2.47 bits per heavy atom. The van der Waals surface area contributed by atoms with Crippen molar-refractivity contribution >= 4 is 0 Å². The Balaban J connectivity index is 2.38. The smallest absolute Gasteiger partial charge is 0.419 e. The number of alkyl halides is 3. The third-order valence-corrected chi connectivity index (χ3v) is 3.04. The van der Waals surface area contributed by atoms with Crippen molar-refractivity contribution in [1.29, 1.82) is 0 Å². The first kappa shape index (κ1) is 12.2. The Morgan fingerprint density at radius 1 is 1.35 bits per heavy atom. The van der Waals surface area contributed by atoms with Gasteiger partial charge in [-0.05, 0) is 30.9 Å². The van der Waals surface area contributed by atoms with E-state index in [-0.39, 0.29) is 11.3 Å². The van der Waals surface area contributed by atoms with E-state index < -0.39 is 11.7 Å². The van der Waals surface area contributed by atoms with E-state index in [0.29, 0.717) is 12.0 Å². The Morgan fingerprint density at radius 2 is 2.00 bits per heavy atom. The molecule has 2 rings (SSSR count). The summed E-state index contributed by atoms with van der Waals surface area (Å²) in [7, 11) is 1.25. The molecule has 1 aromatic carbocycles. The summed E-state index contributed by atoms with van der Waals surface area (Å²) in [6.07, 6.45) is -2.26. The maximum Gasteiger partial charge on any atom is 0.419 e. The number of para-hydroxylation sites is 1. The van der Waals surface area contributed by atoms with Crippen molar-refractivity contribution in [3.63, 3.8) is 0 Å². The first-order valence-electron chi connectivity index (χ1n) is 5.38. The van der Waals surface area contributed by atoms with Crippen molar-refractivity contribution < 1.29 is 17.9 Å². The average Bonchev–Trinajstić information content (AvgIpc) is 2.94. The minimum Gasteiger partial charge on any atom is -0.496 e. The fourth-order valence-corrected chi connectivity index (χ4v) is 1.90. The summed E-state index contributed by atoms with van der Waals surface area (Å²) in [5.74, 6) is -0.100. The standard InChI is InChI=1S/C12H14F3NO/c1-17-10-8(7-11(16)5-6-11)3-2-4-9(10)12(13,14)15/h2-4H,5-7,16H2,1H3. The zero-order chi connectivity index (χ0) is 12.7. The number of rotatable bonds is 3. The second-order valence-electron chi connectivity index (χ2n) is 4.53. The van der Waals surface area contributed by atoms with Gasteiger partial charge in [-0.2, -0.15) is 13.2 Å². The predicted molar refractivity (Wildman–Crippen MR) is 57.9 cm³/mol. The molecule has 0 bridgehead atoms. The number of ether oxygens (including phenoxy) is 1. The van der Waals surface area contributed by atoms with E-state index in [1.165, 1.54) is 13.2 Å². The van der Waals surface area contributed by atoms with Gasteiger partial charge in [0.15, 0.2) is 0 Å². The van der Waals surface area contributed by atoms with Crippen LogP contribution in [0.25, 0.3) is 0 Å². The topological polar surface area (TPSA) is 35.2 Å². The summed E-state index contributed by atoms with van der Waals surface area (Å²) in [6.45, 7) is 0. The van der Waals surface area contributed by atoms with Gasteiger partial charge in [-0.15, -0.1) is 0 Å². The van der Waals surface area contributed by atoms with Crippen LogP contribution in [0.2, 0.25) is 0 Å². The Kier molecular flexibility index (Phi) is 2.81. The van der Waals surface area contributed by atoms with Crippen molar-refractivity contribution in [3.05, 3.63) is 29.3 Å². The molecule has 1 aliphatic rings. The molecule has 0 heterocycles. The van der Waals surface area contributed by atoms with Gasteiger partial charge in [-0.1, -0.05) is 12.1 Å². The first-order valence-corrected chi connectivity index (χ1v) is 5.38. The van der Waals surface area contributed by atoms with Crippen molar-refractivity contribution in [2.24, 2.45) is 5.73 Å². The molecule has 0 spiro atoms. The molecule has 0 unspecified atom stereocenters. The van der Waals surface area contributed by atoms with E-state index >= 15 is 0 Å². The van der Waals surface area contributed by atoms with E-state index in [2.05, 4.69) is 0 Å². The molecule has 2 nitrogen and oxygen atoms in total. The van der Waals surface area contributed by atoms with Crippen LogP contribution < -0.4 is 10.5 Å². The number of benzene rings is 1. The molecule has 0 atom stereocenters. The number of halogens is 3. The molecule has 1 aromatic rings. The third kappa shape index (κ3) is 2.54. The second kappa shape index (κ2) is 3.91. The van der Waals surface area contributed by atoms with E-state index in [0.717, 1.165) is 18.9 Å². The van der Waals surface area contributed by atoms with Crippen LogP contribution in [0.15, 0.2) is 18.2 Å². The largest absolute Gasteiger partial charge is 0.496 e. The third-order valence-electron chi connectivity index (χ3n) is 3.04. The van der Waals surface area contributed by atoms with Gasteiger partial charge >= 0.3 is 6.18 Å². The van der Waals surface area contributed by atoms with Gasteiger partial charge in [0.1, 0.15) is 5.75 Å². The number of hydrogen-bond donors (Lipinski definition) is 1. The van der Waals surface area contributed by atoms with Gasteiger partial charge in [-0.25, -0.2) is 0 Å². The summed E-state index contributed by atoms with van der Waals surface area (Å²) in [5, 5.41) is 0. The monoisotopic (exact) mass is 245 g/mol. The number of methoxy groups -OCH3 is 1. The lowest BCUT2D eigenvalue weighted by Gasteiger charge is -2.17. The van der Waals surface area contributed by atoms with Crippen LogP contribution in [-0.4, -0.2) is 12.6 Å². The van der Waals surface area contributed by atoms with Crippen LogP contribution in [0, 0.1) is 0 Å². The summed E-state index contributed by atoms with van der Waals surface area (Å²) in [6, 6.07) is 4.06. The van der Waals surface area contributed by atoms with Crippen molar-refractivity contribution in [2.75, 3.05) is 7.11 Å². The lowest BCUT2D eigenvalue weighted by molar-refractivity contribution is -0.138. The van der Waals surface area contributed by atoms with E-state index in [1.54, 1.807) is 6.07 Å². The van der Waals surface area contributed by atoms with Crippen LogP contribution in [0.3, 0.4) is 0 Å². The molecule has 5 heteroatoms. The van der Waals surface area contributed by atoms with Gasteiger partial charge in [0.2, 0.25) is 0 Å². The van der Waals surface area contributed by atoms with Crippen molar-refractivity contribution in [1.82, 2.24) is 0 Å². The van der Waals surface area contributed by atoms with E-state index in [9.17, 15) is 13.2 Å².